The van der Waals surface area contributed by atoms with E-state index < -0.39 is 32.6 Å². The summed E-state index contributed by atoms with van der Waals surface area (Å²) >= 11 is 0. The van der Waals surface area contributed by atoms with Crippen molar-refractivity contribution >= 4 is 56.2 Å². The second-order valence-electron chi connectivity index (χ2n) is 7.49. The summed E-state index contributed by atoms with van der Waals surface area (Å²) < 4.78 is 43.5. The number of rotatable bonds is 9. The fourth-order valence-corrected chi connectivity index (χ4v) is 3.74. The van der Waals surface area contributed by atoms with Gasteiger partial charge in [-0.25, -0.2) is 9.59 Å². The quantitative estimate of drug-likeness (QED) is 0.139. The van der Waals surface area contributed by atoms with Crippen molar-refractivity contribution in [3.63, 3.8) is 0 Å². The lowest BCUT2D eigenvalue weighted by molar-refractivity contribution is 0.0517. The number of hydrogen-bond acceptors (Lipinski definition) is 12. The first-order valence-corrected chi connectivity index (χ1v) is 12.6. The van der Waals surface area contributed by atoms with Gasteiger partial charge in [0.05, 0.1) is 47.1 Å². The van der Waals surface area contributed by atoms with Crippen molar-refractivity contribution in [1.82, 2.24) is 0 Å². The lowest BCUT2D eigenvalue weighted by atomic mass is 10.2. The van der Waals surface area contributed by atoms with E-state index in [1.54, 1.807) is 32.0 Å². The number of hydrogen-bond donors (Lipinski definition) is 3. The van der Waals surface area contributed by atoms with Gasteiger partial charge in [0, 0.05) is 0 Å². The van der Waals surface area contributed by atoms with Gasteiger partial charge in [0.2, 0.25) is 0 Å². The van der Waals surface area contributed by atoms with Gasteiger partial charge < -0.3 is 20.9 Å². The van der Waals surface area contributed by atoms with Crippen molar-refractivity contribution in [3.8, 4) is 0 Å². The third-order valence-corrected chi connectivity index (χ3v) is 5.74. The van der Waals surface area contributed by atoms with E-state index in [-0.39, 0.29) is 52.8 Å². The molecular formula is C24H24N6O7S. The van der Waals surface area contributed by atoms with Crippen molar-refractivity contribution in [3.05, 3.63) is 65.7 Å². The number of nitrogens with two attached hydrogens (primary N) is 2. The zero-order valence-electron chi connectivity index (χ0n) is 20.4. The molecule has 0 bridgehead atoms. The third kappa shape index (κ3) is 6.74. The molecule has 0 heterocycles. The van der Waals surface area contributed by atoms with E-state index in [2.05, 4.69) is 20.5 Å². The largest absolute Gasteiger partial charge is 0.462 e. The van der Waals surface area contributed by atoms with Gasteiger partial charge >= 0.3 is 11.9 Å². The van der Waals surface area contributed by atoms with Crippen LogP contribution in [-0.2, 0) is 19.6 Å². The number of anilines is 2. The second kappa shape index (κ2) is 12.0. The summed E-state index contributed by atoms with van der Waals surface area (Å²) in [5.74, 6) is -1.12. The van der Waals surface area contributed by atoms with Crippen molar-refractivity contribution in [2.45, 2.75) is 18.7 Å². The number of carbonyl (C=O) groups excluding carboxylic acids is 2. The second-order valence-corrected chi connectivity index (χ2v) is 8.88. The van der Waals surface area contributed by atoms with Crippen molar-refractivity contribution in [2.75, 3.05) is 24.7 Å². The summed E-state index contributed by atoms with van der Waals surface area (Å²) in [4.78, 5) is 23.2. The van der Waals surface area contributed by atoms with Gasteiger partial charge in [-0.2, -0.15) is 18.6 Å². The van der Waals surface area contributed by atoms with Gasteiger partial charge in [0.25, 0.3) is 10.1 Å². The van der Waals surface area contributed by atoms with Crippen LogP contribution in [0.15, 0.2) is 79.9 Å². The van der Waals surface area contributed by atoms with Gasteiger partial charge in [0.15, 0.2) is 0 Å². The first kappa shape index (κ1) is 27.9. The highest BCUT2D eigenvalue weighted by Crippen LogP contribution is 2.43. The molecule has 0 saturated heterocycles. The zero-order valence-corrected chi connectivity index (χ0v) is 21.2. The van der Waals surface area contributed by atoms with E-state index >= 15 is 0 Å². The molecule has 0 aromatic heterocycles. The molecule has 0 atom stereocenters. The summed E-state index contributed by atoms with van der Waals surface area (Å²) in [6.07, 6.45) is 0. The molecule has 0 amide bonds. The van der Waals surface area contributed by atoms with Crippen LogP contribution < -0.4 is 11.5 Å². The van der Waals surface area contributed by atoms with E-state index in [4.69, 9.17) is 20.9 Å². The van der Waals surface area contributed by atoms with Gasteiger partial charge in [-0.1, -0.05) is 12.1 Å². The molecule has 0 spiro atoms. The number of esters is 2. The highest BCUT2D eigenvalue weighted by atomic mass is 32.2. The fourth-order valence-electron chi connectivity index (χ4n) is 3.11. The summed E-state index contributed by atoms with van der Waals surface area (Å²) in [5.41, 5.74) is 11.8. The van der Waals surface area contributed by atoms with Crippen molar-refractivity contribution in [1.29, 1.82) is 0 Å². The topological polar surface area (TPSA) is 208 Å². The van der Waals surface area contributed by atoms with Crippen LogP contribution in [0.1, 0.15) is 34.6 Å². The van der Waals surface area contributed by atoms with E-state index in [0.717, 1.165) is 6.07 Å². The first-order chi connectivity index (χ1) is 18.0. The minimum Gasteiger partial charge on any atom is -0.462 e. The minimum atomic E-state index is -4.82. The van der Waals surface area contributed by atoms with Crippen LogP contribution >= 0.6 is 0 Å². The van der Waals surface area contributed by atoms with Crippen LogP contribution in [0.3, 0.4) is 0 Å². The SMILES string of the molecule is CCOC(=O)c1cccc(/N=N/c2cc(S(=O)(=O)O)c(N)c(/N=N/c3cccc(C(=O)OCC)c3)c2N)c1. The molecule has 3 aromatic rings. The van der Waals surface area contributed by atoms with Crippen LogP contribution in [-0.4, -0.2) is 38.1 Å². The Morgan fingerprint density at radius 3 is 1.76 bits per heavy atom. The molecule has 0 saturated carbocycles. The van der Waals surface area contributed by atoms with Crippen molar-refractivity contribution < 1.29 is 32.0 Å². The average molecular weight is 541 g/mol. The van der Waals surface area contributed by atoms with E-state index in [1.165, 1.54) is 30.3 Å². The Balaban J connectivity index is 2.04. The van der Waals surface area contributed by atoms with Crippen LogP contribution in [0.4, 0.5) is 34.1 Å². The lowest BCUT2D eigenvalue weighted by Crippen LogP contribution is -2.05. The Morgan fingerprint density at radius 2 is 1.29 bits per heavy atom. The molecule has 38 heavy (non-hydrogen) atoms. The highest BCUT2D eigenvalue weighted by Gasteiger charge is 2.22. The molecule has 13 nitrogen and oxygen atoms in total. The van der Waals surface area contributed by atoms with Crippen LogP contribution in [0.5, 0.6) is 0 Å². The molecule has 0 aliphatic heterocycles. The van der Waals surface area contributed by atoms with Crippen LogP contribution in [0.25, 0.3) is 0 Å². The summed E-state index contributed by atoms with van der Waals surface area (Å²) in [7, 11) is -4.82. The number of benzene rings is 3. The first-order valence-electron chi connectivity index (χ1n) is 11.1. The number of nitrogen functional groups attached to an aromatic ring is 2. The summed E-state index contributed by atoms with van der Waals surface area (Å²) in [6, 6.07) is 13.0. The molecule has 3 rings (SSSR count). The molecule has 0 aliphatic carbocycles. The number of ether oxygens (including phenoxy) is 2. The monoisotopic (exact) mass is 540 g/mol. The smallest absolute Gasteiger partial charge is 0.338 e. The molecule has 14 heteroatoms. The lowest BCUT2D eigenvalue weighted by Gasteiger charge is -2.10. The fraction of sp³-hybridized carbons (Fsp3) is 0.167. The van der Waals surface area contributed by atoms with Gasteiger partial charge in [-0.3, -0.25) is 4.55 Å². The molecule has 0 fully saturated rings. The molecule has 198 valence electrons. The molecule has 0 radical (unpaired) electrons. The van der Waals surface area contributed by atoms with Gasteiger partial charge in [-0.05, 0) is 56.3 Å². The minimum absolute atomic E-state index is 0.185. The number of carbonyl (C=O) groups is 2. The van der Waals surface area contributed by atoms with Gasteiger partial charge in [-0.15, -0.1) is 10.2 Å². The Labute approximate surface area is 217 Å². The molecule has 3 aromatic carbocycles. The molecule has 0 unspecified atom stereocenters. The van der Waals surface area contributed by atoms with Gasteiger partial charge in [0.1, 0.15) is 16.3 Å². The molecular weight excluding hydrogens is 516 g/mol. The Bertz CT molecular complexity index is 1540. The average Bonchev–Trinajstić information content (AvgIpc) is 2.88. The molecule has 0 aliphatic rings. The van der Waals surface area contributed by atoms with E-state index in [9.17, 15) is 22.6 Å². The predicted octanol–water partition coefficient (Wildman–Crippen LogP) is 5.28. The van der Waals surface area contributed by atoms with E-state index in [0.29, 0.717) is 0 Å². The summed E-state index contributed by atoms with van der Waals surface area (Å²) in [5, 5.41) is 15.9. The predicted molar refractivity (Wildman–Crippen MR) is 138 cm³/mol. The maximum absolute atomic E-state index is 12.0. The standard InChI is InChI=1S/C24H24N6O7S/c1-3-36-23(31)14-7-5-9-16(11-14)27-29-18-13-19(38(33,34)35)21(26)22(20(18)25)30-28-17-10-6-8-15(12-17)24(32)37-4-2/h5-13H,3-4,25-26H2,1-2H3,(H,33,34,35)/b29-27+,30-28+. The van der Waals surface area contributed by atoms with Crippen LogP contribution in [0.2, 0.25) is 0 Å². The molecule has 5 N–H and O–H groups in total. The summed E-state index contributed by atoms with van der Waals surface area (Å²) in [6.45, 7) is 3.71. The van der Waals surface area contributed by atoms with Crippen molar-refractivity contribution in [2.24, 2.45) is 20.5 Å². The zero-order chi connectivity index (χ0) is 27.9. The van der Waals surface area contributed by atoms with Crippen LogP contribution in [0, 0.1) is 0 Å². The maximum atomic E-state index is 12.0. The van der Waals surface area contributed by atoms with E-state index in [1.807, 2.05) is 0 Å². The number of nitrogens with zero attached hydrogens (tertiary/aromatic N) is 4. The Kier molecular flexibility index (Phi) is 8.83. The normalized spacial score (nSPS) is 11.7. The maximum Gasteiger partial charge on any atom is 0.338 e. The third-order valence-electron chi connectivity index (χ3n) is 4.85. The Hall–Kier alpha value is -4.69. The number of azo groups is 2. The Morgan fingerprint density at radius 1 is 0.789 bits per heavy atom. The highest BCUT2D eigenvalue weighted by molar-refractivity contribution is 7.86.